The molecule has 5 nitrogen and oxygen atoms in total. The SMILES string of the molecule is Cc1ccc(CN2CCO[C@H]2c2cn(Cc3ccc(F)cc3)nn2)cc1. The van der Waals surface area contributed by atoms with Gasteiger partial charge in [-0.1, -0.05) is 47.2 Å². The highest BCUT2D eigenvalue weighted by atomic mass is 19.1. The van der Waals surface area contributed by atoms with Crippen LogP contribution in [0.15, 0.2) is 54.7 Å². The molecule has 0 N–H and O–H groups in total. The number of halogens is 1. The molecule has 2 aromatic carbocycles. The summed E-state index contributed by atoms with van der Waals surface area (Å²) in [7, 11) is 0. The fourth-order valence-corrected chi connectivity index (χ4v) is 3.15. The molecule has 0 spiro atoms. The van der Waals surface area contributed by atoms with Crippen molar-refractivity contribution in [1.82, 2.24) is 19.9 Å². The van der Waals surface area contributed by atoms with Crippen molar-refractivity contribution in [2.45, 2.75) is 26.2 Å². The van der Waals surface area contributed by atoms with E-state index < -0.39 is 0 Å². The number of benzene rings is 2. The number of hydrogen-bond acceptors (Lipinski definition) is 4. The molecule has 134 valence electrons. The van der Waals surface area contributed by atoms with Gasteiger partial charge in [0.2, 0.25) is 0 Å². The Balaban J connectivity index is 1.45. The van der Waals surface area contributed by atoms with Crippen molar-refractivity contribution < 1.29 is 9.13 Å². The van der Waals surface area contributed by atoms with Gasteiger partial charge in [0.1, 0.15) is 11.5 Å². The van der Waals surface area contributed by atoms with E-state index in [0.29, 0.717) is 13.2 Å². The first kappa shape index (κ1) is 16.9. The van der Waals surface area contributed by atoms with Crippen LogP contribution in [0.1, 0.15) is 28.6 Å². The van der Waals surface area contributed by atoms with Crippen LogP contribution in [0.4, 0.5) is 4.39 Å². The van der Waals surface area contributed by atoms with Crippen LogP contribution in [0.5, 0.6) is 0 Å². The van der Waals surface area contributed by atoms with Gasteiger partial charge in [0, 0.05) is 13.1 Å². The average molecular weight is 352 g/mol. The summed E-state index contributed by atoms with van der Waals surface area (Å²) < 4.78 is 20.7. The van der Waals surface area contributed by atoms with Gasteiger partial charge in [-0.15, -0.1) is 5.10 Å². The van der Waals surface area contributed by atoms with E-state index in [2.05, 4.69) is 46.4 Å². The molecule has 1 fully saturated rings. The molecule has 1 saturated heterocycles. The Morgan fingerprint density at radius 3 is 2.50 bits per heavy atom. The van der Waals surface area contributed by atoms with Gasteiger partial charge in [0.05, 0.1) is 19.3 Å². The Bertz CT molecular complexity index is 860. The molecule has 6 heteroatoms. The molecule has 1 atom stereocenters. The van der Waals surface area contributed by atoms with Gasteiger partial charge < -0.3 is 4.74 Å². The Kier molecular flexibility index (Phi) is 4.77. The fraction of sp³-hybridized carbons (Fsp3) is 0.300. The van der Waals surface area contributed by atoms with Gasteiger partial charge in [-0.3, -0.25) is 4.90 Å². The summed E-state index contributed by atoms with van der Waals surface area (Å²) in [6.45, 7) is 5.00. The molecule has 0 bridgehead atoms. The van der Waals surface area contributed by atoms with Crippen molar-refractivity contribution in [3.63, 3.8) is 0 Å². The number of aryl methyl sites for hydroxylation is 1. The van der Waals surface area contributed by atoms with Gasteiger partial charge in [-0.2, -0.15) is 0 Å². The summed E-state index contributed by atoms with van der Waals surface area (Å²) >= 11 is 0. The number of rotatable bonds is 5. The topological polar surface area (TPSA) is 43.2 Å². The third-order valence-corrected chi connectivity index (χ3v) is 4.56. The molecule has 0 unspecified atom stereocenters. The van der Waals surface area contributed by atoms with E-state index in [0.717, 1.165) is 24.3 Å². The normalized spacial score (nSPS) is 17.7. The quantitative estimate of drug-likeness (QED) is 0.707. The lowest BCUT2D eigenvalue weighted by molar-refractivity contribution is 0.0252. The molecule has 3 aromatic rings. The molecule has 0 amide bonds. The predicted molar refractivity (Wildman–Crippen MR) is 95.8 cm³/mol. The maximum absolute atomic E-state index is 13.0. The maximum Gasteiger partial charge on any atom is 0.157 e. The summed E-state index contributed by atoms with van der Waals surface area (Å²) in [6, 6.07) is 15.0. The molecule has 1 aliphatic rings. The highest BCUT2D eigenvalue weighted by molar-refractivity contribution is 5.21. The van der Waals surface area contributed by atoms with E-state index in [4.69, 9.17) is 4.74 Å². The van der Waals surface area contributed by atoms with E-state index in [1.165, 1.54) is 23.3 Å². The summed E-state index contributed by atoms with van der Waals surface area (Å²) in [6.07, 6.45) is 1.72. The van der Waals surface area contributed by atoms with Crippen molar-refractivity contribution >= 4 is 0 Å². The molecule has 26 heavy (non-hydrogen) atoms. The van der Waals surface area contributed by atoms with Crippen molar-refractivity contribution in [1.29, 1.82) is 0 Å². The molecule has 4 rings (SSSR count). The van der Waals surface area contributed by atoms with Crippen molar-refractivity contribution in [2.75, 3.05) is 13.2 Å². The van der Waals surface area contributed by atoms with Crippen LogP contribution in [-0.4, -0.2) is 33.0 Å². The van der Waals surface area contributed by atoms with Crippen LogP contribution in [0.2, 0.25) is 0 Å². The third-order valence-electron chi connectivity index (χ3n) is 4.56. The number of nitrogens with zero attached hydrogens (tertiary/aromatic N) is 4. The second-order valence-corrected chi connectivity index (χ2v) is 6.65. The van der Waals surface area contributed by atoms with Crippen LogP contribution in [0.3, 0.4) is 0 Å². The first-order valence-corrected chi connectivity index (χ1v) is 8.73. The Morgan fingerprint density at radius 2 is 1.73 bits per heavy atom. The van der Waals surface area contributed by atoms with E-state index in [1.54, 1.807) is 16.8 Å². The fourth-order valence-electron chi connectivity index (χ4n) is 3.15. The zero-order valence-electron chi connectivity index (χ0n) is 14.7. The first-order chi connectivity index (χ1) is 12.7. The second kappa shape index (κ2) is 7.35. The summed E-state index contributed by atoms with van der Waals surface area (Å²) in [5, 5.41) is 8.49. The van der Waals surface area contributed by atoms with Gasteiger partial charge in [-0.05, 0) is 30.2 Å². The highest BCUT2D eigenvalue weighted by Crippen LogP contribution is 2.27. The molecular weight excluding hydrogens is 331 g/mol. The summed E-state index contributed by atoms with van der Waals surface area (Å²) in [5.74, 6) is -0.237. The Labute approximate surface area is 152 Å². The smallest absolute Gasteiger partial charge is 0.157 e. The number of aromatic nitrogens is 3. The average Bonchev–Trinajstić information content (AvgIpc) is 3.28. The lowest BCUT2D eigenvalue weighted by Crippen LogP contribution is -2.23. The number of hydrogen-bond donors (Lipinski definition) is 0. The van der Waals surface area contributed by atoms with Crippen LogP contribution in [-0.2, 0) is 17.8 Å². The van der Waals surface area contributed by atoms with Crippen molar-refractivity contribution in [3.05, 3.63) is 82.9 Å². The molecule has 0 aliphatic carbocycles. The van der Waals surface area contributed by atoms with Gasteiger partial charge in [0.15, 0.2) is 6.23 Å². The minimum Gasteiger partial charge on any atom is -0.356 e. The monoisotopic (exact) mass is 352 g/mol. The molecule has 0 saturated carbocycles. The Hall–Kier alpha value is -2.57. The van der Waals surface area contributed by atoms with Crippen LogP contribution in [0, 0.1) is 12.7 Å². The van der Waals surface area contributed by atoms with Crippen LogP contribution in [0.25, 0.3) is 0 Å². The summed E-state index contributed by atoms with van der Waals surface area (Å²) in [4.78, 5) is 2.26. The molecular formula is C20H21FN4O. The zero-order valence-corrected chi connectivity index (χ0v) is 14.7. The van der Waals surface area contributed by atoms with Gasteiger partial charge in [0.25, 0.3) is 0 Å². The Morgan fingerprint density at radius 1 is 1.04 bits per heavy atom. The van der Waals surface area contributed by atoms with Crippen molar-refractivity contribution in [2.24, 2.45) is 0 Å². The third kappa shape index (κ3) is 3.81. The second-order valence-electron chi connectivity index (χ2n) is 6.65. The maximum atomic E-state index is 13.0. The van der Waals surface area contributed by atoms with E-state index in [9.17, 15) is 4.39 Å². The molecule has 1 aromatic heterocycles. The first-order valence-electron chi connectivity index (χ1n) is 8.73. The largest absolute Gasteiger partial charge is 0.356 e. The van der Waals surface area contributed by atoms with Crippen molar-refractivity contribution in [3.8, 4) is 0 Å². The predicted octanol–water partition coefficient (Wildman–Crippen LogP) is 3.30. The minimum absolute atomic E-state index is 0.182. The van der Waals surface area contributed by atoms with E-state index >= 15 is 0 Å². The standard InChI is InChI=1S/C20H21FN4O/c1-15-2-4-16(5-3-15)12-24-10-11-26-20(24)19-14-25(23-22-19)13-17-6-8-18(21)9-7-17/h2-9,14,20H,10-13H2,1H3/t20-/m0/s1. The minimum atomic E-state index is -0.237. The lowest BCUT2D eigenvalue weighted by atomic mass is 10.1. The lowest BCUT2D eigenvalue weighted by Gasteiger charge is -2.21. The van der Waals surface area contributed by atoms with E-state index in [-0.39, 0.29) is 12.0 Å². The van der Waals surface area contributed by atoms with Gasteiger partial charge >= 0.3 is 0 Å². The van der Waals surface area contributed by atoms with Gasteiger partial charge in [-0.25, -0.2) is 9.07 Å². The molecule has 1 aliphatic heterocycles. The molecule has 0 radical (unpaired) electrons. The molecule has 2 heterocycles. The zero-order chi connectivity index (χ0) is 17.9. The highest BCUT2D eigenvalue weighted by Gasteiger charge is 2.29. The number of ether oxygens (including phenoxy) is 1. The summed E-state index contributed by atoms with van der Waals surface area (Å²) in [5.41, 5.74) is 4.29. The van der Waals surface area contributed by atoms with E-state index in [1.807, 2.05) is 6.20 Å². The van der Waals surface area contributed by atoms with Crippen LogP contribution < -0.4 is 0 Å². The van der Waals surface area contributed by atoms with Crippen LogP contribution >= 0.6 is 0 Å².